The van der Waals surface area contributed by atoms with Gasteiger partial charge in [-0.25, -0.2) is 0 Å². The Morgan fingerprint density at radius 1 is 0.933 bits per heavy atom. The van der Waals surface area contributed by atoms with Crippen molar-refractivity contribution in [1.82, 2.24) is 0 Å². The van der Waals surface area contributed by atoms with Crippen molar-refractivity contribution >= 4 is 0 Å². The monoisotopic (exact) mass is 529 g/mol. The molecule has 1 atom stereocenters. The van der Waals surface area contributed by atoms with E-state index in [4.69, 9.17) is 9.47 Å². The van der Waals surface area contributed by atoms with Crippen LogP contribution in [0, 0.1) is 24.4 Å². The van der Waals surface area contributed by atoms with E-state index in [9.17, 15) is 13.2 Å². The molecule has 1 saturated heterocycles. The molecule has 0 bridgehead atoms. The van der Waals surface area contributed by atoms with Crippen LogP contribution in [0.2, 0.25) is 0 Å². The van der Waals surface area contributed by atoms with Gasteiger partial charge in [-0.05, 0) is 6.92 Å². The molecule has 0 aromatic heterocycles. The molecule has 1 heterocycles. The Bertz CT molecular complexity index is 928. The van der Waals surface area contributed by atoms with Crippen LogP contribution in [0.25, 0.3) is 11.1 Å². The Morgan fingerprint density at radius 3 is 2.23 bits per heavy atom. The third kappa shape index (κ3) is 4.92. The second-order valence-electron chi connectivity index (χ2n) is 8.02. The third-order valence-corrected chi connectivity index (χ3v) is 9.09. The number of aryl methyl sites for hydroxylation is 1. The number of hydrogen-bond acceptors (Lipinski definition) is 2. The van der Waals surface area contributed by atoms with Crippen LogP contribution in [-0.2, 0) is 9.47 Å². The molecule has 1 aliphatic heterocycles. The quantitative estimate of drug-likeness (QED) is 0.345. The summed E-state index contributed by atoms with van der Waals surface area (Å²) in [5.74, 6) is -2.38. The summed E-state index contributed by atoms with van der Waals surface area (Å²) >= 11 is -0.303. The first-order valence-electron chi connectivity index (χ1n) is 10.2. The second-order valence-corrected chi connectivity index (χ2v) is 11.5. The van der Waals surface area contributed by atoms with Gasteiger partial charge in [-0.15, -0.1) is 0 Å². The number of rotatable bonds is 4. The maximum absolute atomic E-state index is 14.8. The van der Waals surface area contributed by atoms with Gasteiger partial charge in [0.1, 0.15) is 0 Å². The predicted octanol–water partition coefficient (Wildman–Crippen LogP) is 3.08. The van der Waals surface area contributed by atoms with Crippen LogP contribution in [0.3, 0.4) is 0 Å². The van der Waals surface area contributed by atoms with Crippen LogP contribution >= 0.6 is 0 Å². The van der Waals surface area contributed by atoms with Crippen LogP contribution in [0.5, 0.6) is 0 Å². The molecular weight excluding hydrogens is 504 g/mol. The van der Waals surface area contributed by atoms with Gasteiger partial charge in [-0.3, -0.25) is 0 Å². The van der Waals surface area contributed by atoms with E-state index in [-0.39, 0.29) is 55.4 Å². The van der Waals surface area contributed by atoms with Gasteiger partial charge in [0, 0.05) is 0 Å². The zero-order valence-electron chi connectivity index (χ0n) is 17.1. The summed E-state index contributed by atoms with van der Waals surface area (Å²) in [4.78, 5) is 0. The molecule has 4 rings (SSSR count). The molecule has 2 nitrogen and oxygen atoms in total. The number of hydrogen-bond donors (Lipinski definition) is 0. The maximum atomic E-state index is 14.8. The van der Waals surface area contributed by atoms with Crippen LogP contribution in [0.1, 0.15) is 43.2 Å². The molecule has 1 unspecified atom stereocenters. The molecular formula is C24H25F3IO2-. The molecule has 0 radical (unpaired) electrons. The van der Waals surface area contributed by atoms with Gasteiger partial charge in [0.2, 0.25) is 0 Å². The minimum absolute atomic E-state index is 0.0425. The van der Waals surface area contributed by atoms with Crippen LogP contribution < -0.4 is 21.2 Å². The first-order chi connectivity index (χ1) is 14.4. The Balaban J connectivity index is 1.44. The Morgan fingerprint density at radius 2 is 1.63 bits per heavy atom. The fourth-order valence-electron chi connectivity index (χ4n) is 3.90. The average molecular weight is 529 g/mol. The summed E-state index contributed by atoms with van der Waals surface area (Å²) in [5.41, 5.74) is 2.53. The molecule has 1 fully saturated rings. The normalized spacial score (nSPS) is 24.7. The zero-order valence-corrected chi connectivity index (χ0v) is 19.2. The molecule has 30 heavy (non-hydrogen) atoms. The standard InChI is InChI=1S/C24H25F3IO2/c1-14-3-6-18(7-4-14)28-24-29-12-17(13-30-24)23-21(26)10-16(11-22(23)27)19-8-5-15(2)9-20(19)25/h3,5,8-11,17-18,24H,4,6-7,12-13H2,1-2H3/q-1. The summed E-state index contributed by atoms with van der Waals surface area (Å²) in [6.07, 6.45) is 5.67. The van der Waals surface area contributed by atoms with Crippen molar-refractivity contribution in [3.05, 3.63) is 70.6 Å². The first kappa shape index (κ1) is 21.8. The fourth-order valence-corrected chi connectivity index (χ4v) is 6.78. The molecule has 0 N–H and O–H groups in total. The predicted molar refractivity (Wildman–Crippen MR) is 106 cm³/mol. The molecule has 0 spiro atoms. The molecule has 2 aromatic carbocycles. The van der Waals surface area contributed by atoms with E-state index >= 15 is 0 Å². The second kappa shape index (κ2) is 9.40. The number of alkyl halides is 2. The van der Waals surface area contributed by atoms with Gasteiger partial charge in [0.05, 0.1) is 0 Å². The van der Waals surface area contributed by atoms with Crippen LogP contribution in [0.4, 0.5) is 13.2 Å². The van der Waals surface area contributed by atoms with Crippen molar-refractivity contribution < 1.29 is 43.9 Å². The van der Waals surface area contributed by atoms with Gasteiger partial charge in [0.25, 0.3) is 0 Å². The molecule has 0 amide bonds. The molecule has 6 heteroatoms. The van der Waals surface area contributed by atoms with E-state index in [1.54, 1.807) is 19.1 Å². The van der Waals surface area contributed by atoms with Crippen molar-refractivity contribution in [2.75, 3.05) is 13.2 Å². The average Bonchev–Trinajstić information content (AvgIpc) is 2.70. The van der Waals surface area contributed by atoms with Crippen molar-refractivity contribution in [1.29, 1.82) is 0 Å². The van der Waals surface area contributed by atoms with Crippen molar-refractivity contribution in [2.24, 2.45) is 0 Å². The van der Waals surface area contributed by atoms with Gasteiger partial charge < -0.3 is 0 Å². The number of allylic oxidation sites excluding steroid dienone is 2. The summed E-state index contributed by atoms with van der Waals surface area (Å²) in [7, 11) is 0. The Hall–Kier alpha value is -1.38. The Kier molecular flexibility index (Phi) is 6.85. The topological polar surface area (TPSA) is 18.5 Å². The van der Waals surface area contributed by atoms with E-state index < -0.39 is 23.4 Å². The fraction of sp³-hybridized carbons (Fsp3) is 0.417. The summed E-state index contributed by atoms with van der Waals surface area (Å²) in [5, 5.41) is 0. The Labute approximate surface area is 185 Å². The molecule has 2 aromatic rings. The molecule has 2 aliphatic rings. The number of ether oxygens (including phenoxy) is 2. The minimum atomic E-state index is -0.691. The zero-order chi connectivity index (χ0) is 21.3. The van der Waals surface area contributed by atoms with E-state index in [0.717, 1.165) is 18.4 Å². The first-order valence-corrected chi connectivity index (χ1v) is 12.7. The van der Waals surface area contributed by atoms with Gasteiger partial charge in [-0.2, -0.15) is 0 Å². The molecule has 162 valence electrons. The summed E-state index contributed by atoms with van der Waals surface area (Å²) in [6, 6.07) is 7.01. The molecule has 0 saturated carbocycles. The SMILES string of the molecule is CC1=CCC([I-]C2OCC(c3c(F)cc(-c4ccc(C)cc4F)cc3F)CO2)CC1. The third-order valence-electron chi connectivity index (χ3n) is 5.63. The van der Waals surface area contributed by atoms with Crippen molar-refractivity contribution in [2.45, 2.75) is 47.2 Å². The number of benzene rings is 2. The van der Waals surface area contributed by atoms with E-state index in [1.165, 1.54) is 30.2 Å². The van der Waals surface area contributed by atoms with Crippen LogP contribution in [0.15, 0.2) is 42.0 Å². The van der Waals surface area contributed by atoms with E-state index in [0.29, 0.717) is 3.92 Å². The molecule has 1 aliphatic carbocycles. The van der Waals surface area contributed by atoms with Gasteiger partial charge >= 0.3 is 179 Å². The van der Waals surface area contributed by atoms with E-state index in [2.05, 4.69) is 13.0 Å². The van der Waals surface area contributed by atoms with E-state index in [1.807, 2.05) is 0 Å². The number of halogens is 4. The summed E-state index contributed by atoms with van der Waals surface area (Å²) in [6.45, 7) is 4.40. The van der Waals surface area contributed by atoms with Crippen molar-refractivity contribution in [3.8, 4) is 11.1 Å². The van der Waals surface area contributed by atoms with Crippen molar-refractivity contribution in [3.63, 3.8) is 0 Å². The summed E-state index contributed by atoms with van der Waals surface area (Å²) < 4.78 is 56.0. The van der Waals surface area contributed by atoms with Gasteiger partial charge in [-0.1, -0.05) is 0 Å². The van der Waals surface area contributed by atoms with Crippen LogP contribution in [-0.4, -0.2) is 21.4 Å². The van der Waals surface area contributed by atoms with Gasteiger partial charge in [0.15, 0.2) is 0 Å².